The molecule has 0 aromatic heterocycles. The number of urea groups is 1. The molecule has 3 N–H and O–H groups in total. The Bertz CT molecular complexity index is 547. The number of rotatable bonds is 6. The van der Waals surface area contributed by atoms with Crippen molar-refractivity contribution in [1.29, 1.82) is 0 Å². The maximum atomic E-state index is 11.7. The molecule has 0 bridgehead atoms. The first-order valence-electron chi connectivity index (χ1n) is 7.00. The summed E-state index contributed by atoms with van der Waals surface area (Å²) in [5.41, 5.74) is 0.725. The van der Waals surface area contributed by atoms with Gasteiger partial charge in [-0.3, -0.25) is 4.79 Å². The Labute approximate surface area is 124 Å². The number of aliphatic carboxylic acids is 1. The van der Waals surface area contributed by atoms with Crippen LogP contribution in [0.5, 0.6) is 0 Å². The monoisotopic (exact) mass is 288 g/mol. The van der Waals surface area contributed by atoms with Crippen molar-refractivity contribution in [3.05, 3.63) is 42.5 Å². The maximum Gasteiger partial charge on any atom is 0.319 e. The highest BCUT2D eigenvalue weighted by Crippen LogP contribution is 2.48. The van der Waals surface area contributed by atoms with E-state index in [4.69, 9.17) is 0 Å². The summed E-state index contributed by atoms with van der Waals surface area (Å²) in [6, 6.07) is 6.74. The number of benzene rings is 1. The summed E-state index contributed by atoms with van der Waals surface area (Å²) < 4.78 is 0. The molecule has 1 saturated carbocycles. The Hall–Kier alpha value is -2.30. The Morgan fingerprint density at radius 3 is 2.48 bits per heavy atom. The van der Waals surface area contributed by atoms with Crippen LogP contribution in [-0.2, 0) is 10.2 Å². The Kier molecular flexibility index (Phi) is 4.31. The maximum absolute atomic E-state index is 11.7. The number of hydrogen-bond donors (Lipinski definition) is 3. The molecule has 1 fully saturated rings. The molecule has 2 amide bonds. The lowest BCUT2D eigenvalue weighted by Crippen LogP contribution is -2.35. The van der Waals surface area contributed by atoms with Crippen LogP contribution in [0.25, 0.3) is 0 Å². The van der Waals surface area contributed by atoms with Gasteiger partial charge in [-0.1, -0.05) is 18.2 Å². The Balaban J connectivity index is 1.95. The van der Waals surface area contributed by atoms with E-state index in [0.29, 0.717) is 24.9 Å². The largest absolute Gasteiger partial charge is 0.481 e. The number of hydrogen-bond acceptors (Lipinski definition) is 2. The van der Waals surface area contributed by atoms with Crippen molar-refractivity contribution in [2.24, 2.45) is 0 Å². The average Bonchev–Trinajstić information content (AvgIpc) is 3.21. The number of carboxylic acid groups (broad SMARTS) is 1. The predicted molar refractivity (Wildman–Crippen MR) is 81.4 cm³/mol. The molecule has 0 radical (unpaired) electrons. The first-order valence-corrected chi connectivity index (χ1v) is 7.00. The van der Waals surface area contributed by atoms with E-state index in [0.717, 1.165) is 5.56 Å². The molecule has 0 spiro atoms. The van der Waals surface area contributed by atoms with Gasteiger partial charge in [-0.05, 0) is 43.9 Å². The second kappa shape index (κ2) is 5.99. The van der Waals surface area contributed by atoms with Gasteiger partial charge >= 0.3 is 12.0 Å². The highest BCUT2D eigenvalue weighted by Gasteiger charge is 2.51. The van der Waals surface area contributed by atoms with Crippen molar-refractivity contribution < 1.29 is 14.7 Å². The van der Waals surface area contributed by atoms with Crippen LogP contribution in [0, 0.1) is 0 Å². The highest BCUT2D eigenvalue weighted by atomic mass is 16.4. The summed E-state index contributed by atoms with van der Waals surface area (Å²) in [6.45, 7) is 5.52. The van der Waals surface area contributed by atoms with Crippen LogP contribution in [0.1, 0.15) is 31.7 Å². The molecule has 1 aliphatic carbocycles. The van der Waals surface area contributed by atoms with Crippen molar-refractivity contribution in [2.75, 3.05) is 5.32 Å². The van der Waals surface area contributed by atoms with E-state index in [-0.39, 0.29) is 12.1 Å². The Morgan fingerprint density at radius 1 is 1.38 bits per heavy atom. The van der Waals surface area contributed by atoms with Gasteiger partial charge in [0.2, 0.25) is 0 Å². The molecule has 5 nitrogen and oxygen atoms in total. The van der Waals surface area contributed by atoms with Gasteiger partial charge in [-0.2, -0.15) is 0 Å². The second-order valence-corrected chi connectivity index (χ2v) is 5.49. The molecule has 0 aliphatic heterocycles. The summed E-state index contributed by atoms with van der Waals surface area (Å²) in [5, 5.41) is 14.8. The molecule has 1 aromatic rings. The highest BCUT2D eigenvalue weighted by molar-refractivity contribution is 5.90. The van der Waals surface area contributed by atoms with E-state index in [1.54, 1.807) is 30.3 Å². The van der Waals surface area contributed by atoms with Crippen LogP contribution in [0.3, 0.4) is 0 Å². The van der Waals surface area contributed by atoms with E-state index in [1.807, 2.05) is 6.92 Å². The molecule has 0 heterocycles. The molecule has 0 saturated heterocycles. The molecular weight excluding hydrogens is 268 g/mol. The van der Waals surface area contributed by atoms with Crippen LogP contribution >= 0.6 is 0 Å². The number of carbonyl (C=O) groups is 2. The van der Waals surface area contributed by atoms with E-state index in [2.05, 4.69) is 17.2 Å². The number of carbonyl (C=O) groups excluding carboxylic acids is 1. The van der Waals surface area contributed by atoms with Crippen molar-refractivity contribution >= 4 is 17.7 Å². The molecular formula is C16H20N2O3. The van der Waals surface area contributed by atoms with Crippen LogP contribution in [0.2, 0.25) is 0 Å². The van der Waals surface area contributed by atoms with Crippen molar-refractivity contribution in [3.8, 4) is 0 Å². The fourth-order valence-electron chi connectivity index (χ4n) is 2.32. The lowest BCUT2D eigenvalue weighted by atomic mass is 9.96. The van der Waals surface area contributed by atoms with Gasteiger partial charge in [-0.25, -0.2) is 4.79 Å². The van der Waals surface area contributed by atoms with E-state index >= 15 is 0 Å². The number of amides is 2. The van der Waals surface area contributed by atoms with E-state index in [1.165, 1.54) is 0 Å². The molecule has 1 aromatic carbocycles. The van der Waals surface area contributed by atoms with E-state index in [9.17, 15) is 14.7 Å². The molecule has 5 heteroatoms. The standard InChI is InChI=1S/C16H20N2O3/c1-3-4-11(2)17-15(21)18-13-7-5-12(6-8-13)16(9-10-16)14(19)20/h3,5-8,11H,1,4,9-10H2,2H3,(H,19,20)(H2,17,18,21). The normalized spacial score (nSPS) is 16.6. The zero-order chi connectivity index (χ0) is 15.5. The molecule has 1 unspecified atom stereocenters. The van der Waals surface area contributed by atoms with Crippen molar-refractivity contribution in [2.45, 2.75) is 37.6 Å². The van der Waals surface area contributed by atoms with Crippen LogP contribution in [0.4, 0.5) is 10.5 Å². The van der Waals surface area contributed by atoms with Gasteiger partial charge in [0.15, 0.2) is 0 Å². The van der Waals surface area contributed by atoms with Gasteiger partial charge < -0.3 is 15.7 Å². The minimum atomic E-state index is -0.779. The van der Waals surface area contributed by atoms with Crippen LogP contribution < -0.4 is 10.6 Å². The predicted octanol–water partition coefficient (Wildman–Crippen LogP) is 2.89. The van der Waals surface area contributed by atoms with Crippen LogP contribution in [-0.4, -0.2) is 23.1 Å². The first-order chi connectivity index (χ1) is 9.98. The summed E-state index contributed by atoms with van der Waals surface area (Å²) in [7, 11) is 0. The van der Waals surface area contributed by atoms with Gasteiger partial charge in [-0.15, -0.1) is 6.58 Å². The third-order valence-electron chi connectivity index (χ3n) is 3.75. The van der Waals surface area contributed by atoms with E-state index < -0.39 is 11.4 Å². The average molecular weight is 288 g/mol. The third kappa shape index (κ3) is 3.42. The fourth-order valence-corrected chi connectivity index (χ4v) is 2.32. The molecule has 21 heavy (non-hydrogen) atoms. The topological polar surface area (TPSA) is 78.4 Å². The summed E-state index contributed by atoms with van der Waals surface area (Å²) in [6.07, 6.45) is 3.80. The minimum absolute atomic E-state index is 0.0171. The smallest absolute Gasteiger partial charge is 0.319 e. The molecule has 1 aliphatic rings. The molecule has 2 rings (SSSR count). The zero-order valence-electron chi connectivity index (χ0n) is 12.1. The molecule has 1 atom stereocenters. The number of nitrogens with one attached hydrogen (secondary N) is 2. The molecule has 112 valence electrons. The van der Waals surface area contributed by atoms with Gasteiger partial charge in [0.05, 0.1) is 5.41 Å². The summed E-state index contributed by atoms with van der Waals surface area (Å²) in [4.78, 5) is 23.0. The lowest BCUT2D eigenvalue weighted by molar-refractivity contribution is -0.140. The minimum Gasteiger partial charge on any atom is -0.481 e. The zero-order valence-corrected chi connectivity index (χ0v) is 12.1. The fraction of sp³-hybridized carbons (Fsp3) is 0.375. The van der Waals surface area contributed by atoms with Gasteiger partial charge in [0.25, 0.3) is 0 Å². The summed E-state index contributed by atoms with van der Waals surface area (Å²) in [5.74, 6) is -0.779. The lowest BCUT2D eigenvalue weighted by Gasteiger charge is -2.14. The second-order valence-electron chi connectivity index (χ2n) is 5.49. The summed E-state index contributed by atoms with van der Waals surface area (Å²) >= 11 is 0. The van der Waals surface area contributed by atoms with Crippen LogP contribution in [0.15, 0.2) is 36.9 Å². The first kappa shape index (κ1) is 15.1. The number of carboxylic acids is 1. The van der Waals surface area contributed by atoms with Crippen molar-refractivity contribution in [3.63, 3.8) is 0 Å². The van der Waals surface area contributed by atoms with Crippen molar-refractivity contribution in [1.82, 2.24) is 5.32 Å². The van der Waals surface area contributed by atoms with Gasteiger partial charge in [0, 0.05) is 11.7 Å². The number of anilines is 1. The SMILES string of the molecule is C=CCC(C)NC(=O)Nc1ccc(C2(C(=O)O)CC2)cc1. The third-order valence-corrected chi connectivity index (χ3v) is 3.75. The quantitative estimate of drug-likeness (QED) is 0.704. The Morgan fingerprint density at radius 2 is 2.00 bits per heavy atom. The van der Waals surface area contributed by atoms with Gasteiger partial charge in [0.1, 0.15) is 0 Å².